The number of carbonyl (C=O) groups excluding carboxylic acids is 12. The highest BCUT2D eigenvalue weighted by molar-refractivity contribution is 6.18. The summed E-state index contributed by atoms with van der Waals surface area (Å²) in [4.78, 5) is 145. The molecule has 28 heteroatoms. The molecule has 13 N–H and O–H groups in total. The summed E-state index contributed by atoms with van der Waals surface area (Å²) in [5.41, 5.74) is 2.23. The van der Waals surface area contributed by atoms with E-state index in [1.54, 1.807) is 94.1 Å². The van der Waals surface area contributed by atoms with Crippen LogP contribution in [0.4, 0.5) is 28.8 Å². The number of aromatic amines is 1. The molecule has 0 radical (unpaired) electrons. The summed E-state index contributed by atoms with van der Waals surface area (Å²) in [6, 6.07) is 23.6. The predicted molar refractivity (Wildman–Crippen MR) is 280 cm³/mol. The standard InChI is InChI=1S/3C16H18N4O5.C5H5N/c3*1-25-10-4-2-8(3-5-10)11(9-6-17-15(23)18-7-9)12-13(21)19-16(24)20-14(12)22;1-2-4-6-5-3-1/h3*2-5,9,11-12H,6-7H2,1H3,(H2,17,18,23)(H2,19,20,21,22,24);1-5H/p+1. The molecule has 1 aromatic heterocycles. The number of rotatable bonds is 12. The van der Waals surface area contributed by atoms with Crippen molar-refractivity contribution in [2.24, 2.45) is 35.5 Å². The van der Waals surface area contributed by atoms with Gasteiger partial charge >= 0.3 is 36.2 Å². The van der Waals surface area contributed by atoms with Crippen LogP contribution in [0.15, 0.2) is 103 Å². The van der Waals surface area contributed by atoms with Crippen LogP contribution in [0, 0.1) is 35.5 Å². The van der Waals surface area contributed by atoms with Crippen molar-refractivity contribution in [2.75, 3.05) is 60.6 Å². The number of benzene rings is 3. The number of hydrogen-bond acceptors (Lipinski definition) is 15. The fourth-order valence-electron chi connectivity index (χ4n) is 10.1. The summed E-state index contributed by atoms with van der Waals surface area (Å²) >= 11 is 0. The first-order valence-electron chi connectivity index (χ1n) is 25.3. The molecule has 3 aromatic carbocycles. The highest BCUT2D eigenvalue weighted by atomic mass is 16.5. The molecule has 6 fully saturated rings. The Balaban J connectivity index is 0.000000166. The van der Waals surface area contributed by atoms with Crippen molar-refractivity contribution < 1.29 is 76.7 Å². The lowest BCUT2D eigenvalue weighted by atomic mass is 9.74. The molecule has 6 aliphatic heterocycles. The monoisotopic (exact) mass is 1120 g/mol. The molecule has 18 amide bonds. The second kappa shape index (κ2) is 27.4. The quantitative estimate of drug-likeness (QED) is 0.0801. The predicted octanol–water partition coefficient (Wildman–Crippen LogP) is -0.429. The van der Waals surface area contributed by atoms with Crippen LogP contribution in [0.5, 0.6) is 17.2 Å². The number of methoxy groups -OCH3 is 3. The van der Waals surface area contributed by atoms with E-state index < -0.39 is 89.0 Å². The smallest absolute Gasteiger partial charge is 0.328 e. The van der Waals surface area contributed by atoms with Gasteiger partial charge in [-0.25, -0.2) is 33.8 Å². The minimum Gasteiger partial charge on any atom is -0.497 e. The Hall–Kier alpha value is -10.2. The first kappa shape index (κ1) is 58.5. The van der Waals surface area contributed by atoms with Gasteiger partial charge in [-0.1, -0.05) is 42.5 Å². The molecule has 0 saturated carbocycles. The number of aromatic nitrogens is 1. The Morgan fingerprint density at radius 2 is 0.556 bits per heavy atom. The van der Waals surface area contributed by atoms with Crippen molar-refractivity contribution in [1.29, 1.82) is 0 Å². The van der Waals surface area contributed by atoms with Gasteiger partial charge in [0.25, 0.3) is 0 Å². The van der Waals surface area contributed by atoms with Gasteiger partial charge in [-0.15, -0.1) is 0 Å². The van der Waals surface area contributed by atoms with Gasteiger partial charge in [0.05, 0.1) is 21.3 Å². The van der Waals surface area contributed by atoms with E-state index in [-0.39, 0.29) is 35.8 Å². The van der Waals surface area contributed by atoms with Crippen LogP contribution in [0.3, 0.4) is 0 Å². The zero-order valence-electron chi connectivity index (χ0n) is 43.9. The Morgan fingerprint density at radius 3 is 0.728 bits per heavy atom. The average Bonchev–Trinajstić information content (AvgIpc) is 3.51. The van der Waals surface area contributed by atoms with Gasteiger partial charge in [-0.2, -0.15) is 0 Å². The molecule has 4 aromatic rings. The summed E-state index contributed by atoms with van der Waals surface area (Å²) in [6.45, 7) is 1.88. The number of urea groups is 6. The van der Waals surface area contributed by atoms with Crippen molar-refractivity contribution in [3.8, 4) is 17.2 Å². The van der Waals surface area contributed by atoms with Gasteiger partial charge in [0.1, 0.15) is 35.0 Å². The topological polar surface area (TPSA) is 391 Å². The maximum atomic E-state index is 12.3. The van der Waals surface area contributed by atoms with Crippen LogP contribution in [0.1, 0.15) is 34.4 Å². The molecule has 3 unspecified atom stereocenters. The van der Waals surface area contributed by atoms with Gasteiger partial charge in [0.2, 0.25) is 35.4 Å². The average molecular weight is 1120 g/mol. The molecule has 81 heavy (non-hydrogen) atoms. The molecule has 426 valence electrons. The van der Waals surface area contributed by atoms with E-state index in [1.165, 1.54) is 0 Å². The molecule has 3 atom stereocenters. The minimum absolute atomic E-state index is 0.208. The van der Waals surface area contributed by atoms with E-state index in [9.17, 15) is 57.5 Å². The van der Waals surface area contributed by atoms with Gasteiger partial charge < -0.3 is 46.1 Å². The molecule has 10 rings (SSSR count). The third-order valence-corrected chi connectivity index (χ3v) is 14.0. The second-order valence-electron chi connectivity index (χ2n) is 18.9. The van der Waals surface area contributed by atoms with Crippen molar-refractivity contribution in [2.45, 2.75) is 17.8 Å². The fourth-order valence-corrected chi connectivity index (χ4v) is 10.1. The summed E-state index contributed by atoms with van der Waals surface area (Å²) in [5, 5.41) is 28.9. The second-order valence-corrected chi connectivity index (χ2v) is 18.9. The van der Waals surface area contributed by atoms with Crippen molar-refractivity contribution >= 4 is 71.6 Å². The molecule has 7 heterocycles. The van der Waals surface area contributed by atoms with Crippen molar-refractivity contribution in [3.05, 3.63) is 120 Å². The largest absolute Gasteiger partial charge is 0.497 e. The normalized spacial score (nSPS) is 19.3. The number of hydrogen-bond donors (Lipinski definition) is 12. The Kier molecular flexibility index (Phi) is 19.8. The van der Waals surface area contributed by atoms with E-state index >= 15 is 0 Å². The van der Waals surface area contributed by atoms with Crippen LogP contribution >= 0.6 is 0 Å². The first-order valence-corrected chi connectivity index (χ1v) is 25.3. The van der Waals surface area contributed by atoms with E-state index in [1.807, 2.05) is 30.6 Å². The zero-order chi connectivity index (χ0) is 58.2. The van der Waals surface area contributed by atoms with Crippen molar-refractivity contribution in [3.63, 3.8) is 0 Å². The SMILES string of the molecule is COc1ccc(C(C2CNC(=O)NC2)C2C(=O)NC(=O)NC2=O)cc1.COc1ccc(C(C2CNC(=O)NC2)C2C(=O)NC(=O)NC2=O)cc1.COc1ccc(C(C2CNC(=O)NC2)C2C(=O)NC(=O)NC2=O)cc1.c1cc[nH+]cc1. The summed E-state index contributed by atoms with van der Waals surface area (Å²) in [6.07, 6.45) is 3.75. The van der Waals surface area contributed by atoms with Crippen LogP contribution < -0.4 is 83.0 Å². The number of barbiturate groups is 3. The first-order chi connectivity index (χ1) is 39.0. The molecule has 0 spiro atoms. The lowest BCUT2D eigenvalue weighted by Gasteiger charge is -2.36. The molecular weight excluding hydrogens is 1060 g/mol. The third-order valence-electron chi connectivity index (χ3n) is 14.0. The van der Waals surface area contributed by atoms with Crippen LogP contribution in [-0.4, -0.2) is 132 Å². The number of imide groups is 6. The lowest BCUT2D eigenvalue weighted by Crippen LogP contribution is -2.60. The Bertz CT molecular complexity index is 2590. The molecular formula is C53H60N13O15+. The molecule has 0 bridgehead atoms. The number of nitrogens with one attached hydrogen (secondary N) is 13. The zero-order valence-corrected chi connectivity index (χ0v) is 43.9. The highest BCUT2D eigenvalue weighted by Gasteiger charge is 2.48. The molecule has 6 saturated heterocycles. The lowest BCUT2D eigenvalue weighted by molar-refractivity contribution is -0.378. The highest BCUT2D eigenvalue weighted by Crippen LogP contribution is 2.38. The van der Waals surface area contributed by atoms with E-state index in [0.717, 1.165) is 16.7 Å². The van der Waals surface area contributed by atoms with E-state index in [0.29, 0.717) is 56.5 Å². The summed E-state index contributed by atoms with van der Waals surface area (Å²) < 4.78 is 15.4. The van der Waals surface area contributed by atoms with Crippen molar-refractivity contribution in [1.82, 2.24) is 63.8 Å². The van der Waals surface area contributed by atoms with Crippen LogP contribution in [-0.2, 0) is 28.8 Å². The fraction of sp³-hybridized carbons (Fsp3) is 0.340. The number of carbonyl (C=O) groups is 12. The van der Waals surface area contributed by atoms with Gasteiger partial charge in [0, 0.05) is 86.9 Å². The summed E-state index contributed by atoms with van der Waals surface area (Å²) in [7, 11) is 4.63. The number of ether oxygens (including phenoxy) is 3. The third kappa shape index (κ3) is 15.1. The molecule has 0 aliphatic carbocycles. The van der Waals surface area contributed by atoms with E-state index in [2.05, 4.69) is 68.8 Å². The van der Waals surface area contributed by atoms with Gasteiger partial charge in [-0.3, -0.25) is 60.7 Å². The van der Waals surface area contributed by atoms with E-state index in [4.69, 9.17) is 14.2 Å². The number of pyridine rings is 1. The Morgan fingerprint density at radius 1 is 0.333 bits per heavy atom. The van der Waals surface area contributed by atoms with Gasteiger partial charge in [-0.05, 0) is 53.1 Å². The number of H-pyrrole nitrogens is 1. The maximum absolute atomic E-state index is 12.3. The molecule has 28 nitrogen and oxygen atoms in total. The maximum Gasteiger partial charge on any atom is 0.328 e. The van der Waals surface area contributed by atoms with Crippen LogP contribution in [0.2, 0.25) is 0 Å². The Labute approximate surface area is 462 Å². The minimum atomic E-state index is -1.08. The number of amides is 18. The summed E-state index contributed by atoms with van der Waals surface area (Å²) in [5.74, 6) is -7.36. The molecule has 6 aliphatic rings. The van der Waals surface area contributed by atoms with Gasteiger partial charge in [0.15, 0.2) is 12.4 Å². The van der Waals surface area contributed by atoms with Crippen LogP contribution in [0.25, 0.3) is 0 Å².